The third kappa shape index (κ3) is 1.19. The van der Waals surface area contributed by atoms with Crippen LogP contribution >= 0.6 is 0 Å². The van der Waals surface area contributed by atoms with Crippen LogP contribution in [0.25, 0.3) is 11.1 Å². The lowest BCUT2D eigenvalue weighted by Crippen LogP contribution is -1.92. The summed E-state index contributed by atoms with van der Waals surface area (Å²) < 4.78 is 0. The molecular weight excluding hydrogens is 182 g/mol. The van der Waals surface area contributed by atoms with Crippen molar-refractivity contribution in [3.8, 4) is 11.1 Å². The molecule has 0 radical (unpaired) electrons. The van der Waals surface area contributed by atoms with Gasteiger partial charge in [0.2, 0.25) is 0 Å². The Hall–Kier alpha value is -1.63. The number of hydrogen-bond donors (Lipinski definition) is 0. The van der Waals surface area contributed by atoms with E-state index < -0.39 is 0 Å². The number of aryl methyl sites for hydroxylation is 2. The molecule has 0 atom stereocenters. The summed E-state index contributed by atoms with van der Waals surface area (Å²) in [4.78, 5) is 4.53. The van der Waals surface area contributed by atoms with Gasteiger partial charge >= 0.3 is 0 Å². The molecule has 1 nitrogen and oxygen atoms in total. The van der Waals surface area contributed by atoms with E-state index in [1.807, 2.05) is 0 Å². The molecule has 1 aliphatic rings. The zero-order valence-electron chi connectivity index (χ0n) is 9.04. The Bertz CT molecular complexity index is 541. The van der Waals surface area contributed by atoms with Crippen LogP contribution in [0.5, 0.6) is 0 Å². The van der Waals surface area contributed by atoms with Crippen LogP contribution in [0.1, 0.15) is 22.5 Å². The summed E-state index contributed by atoms with van der Waals surface area (Å²) >= 11 is 0. The second-order valence-corrected chi connectivity index (χ2v) is 4.21. The standard InChI is InChI=1S/C14H13N/c1-9-7-14-12-6-4-3-5-11(12)8-13(14)10(2)15-9/h3-7H,8H2,1-2H3. The minimum absolute atomic E-state index is 1.05. The highest BCUT2D eigenvalue weighted by atomic mass is 14.7. The van der Waals surface area contributed by atoms with Gasteiger partial charge in [0, 0.05) is 17.8 Å². The minimum atomic E-state index is 1.05. The summed E-state index contributed by atoms with van der Waals surface area (Å²) in [5, 5.41) is 0. The van der Waals surface area contributed by atoms with Crippen molar-refractivity contribution in [1.82, 2.24) is 4.98 Å². The maximum Gasteiger partial charge on any atom is 0.0417 e. The highest BCUT2D eigenvalue weighted by molar-refractivity contribution is 5.77. The van der Waals surface area contributed by atoms with Gasteiger partial charge in [0.15, 0.2) is 0 Å². The Labute approximate surface area is 89.8 Å². The Balaban J connectivity index is 2.33. The first-order valence-corrected chi connectivity index (χ1v) is 5.31. The van der Waals surface area contributed by atoms with Gasteiger partial charge in [-0.15, -0.1) is 0 Å². The van der Waals surface area contributed by atoms with E-state index in [9.17, 15) is 0 Å². The molecular formula is C14H13N. The van der Waals surface area contributed by atoms with Gasteiger partial charge in [-0.1, -0.05) is 24.3 Å². The highest BCUT2D eigenvalue weighted by Gasteiger charge is 2.20. The van der Waals surface area contributed by atoms with E-state index >= 15 is 0 Å². The third-order valence-corrected chi connectivity index (χ3v) is 3.13. The predicted octanol–water partition coefficient (Wildman–Crippen LogP) is 3.27. The lowest BCUT2D eigenvalue weighted by atomic mass is 10.1. The van der Waals surface area contributed by atoms with Crippen LogP contribution in [0, 0.1) is 13.8 Å². The Morgan fingerprint density at radius 1 is 1.07 bits per heavy atom. The van der Waals surface area contributed by atoms with Crippen molar-refractivity contribution in [3.05, 3.63) is 52.8 Å². The Morgan fingerprint density at radius 2 is 1.87 bits per heavy atom. The van der Waals surface area contributed by atoms with Crippen molar-refractivity contribution < 1.29 is 0 Å². The number of nitrogens with zero attached hydrogens (tertiary/aromatic N) is 1. The molecule has 0 aliphatic heterocycles. The van der Waals surface area contributed by atoms with Crippen LogP contribution in [-0.4, -0.2) is 4.98 Å². The molecule has 0 bridgehead atoms. The minimum Gasteiger partial charge on any atom is -0.258 e. The molecule has 0 spiro atoms. The lowest BCUT2D eigenvalue weighted by molar-refractivity contribution is 1.07. The van der Waals surface area contributed by atoms with Crippen LogP contribution in [0.2, 0.25) is 0 Å². The number of fused-ring (bicyclic) bond motifs is 3. The zero-order chi connectivity index (χ0) is 10.4. The van der Waals surface area contributed by atoms with E-state index in [0.717, 1.165) is 12.1 Å². The number of rotatable bonds is 0. The van der Waals surface area contributed by atoms with Gasteiger partial charge in [0.25, 0.3) is 0 Å². The molecule has 1 heterocycles. The molecule has 1 aliphatic carbocycles. The normalized spacial score (nSPS) is 12.4. The smallest absolute Gasteiger partial charge is 0.0417 e. The largest absolute Gasteiger partial charge is 0.258 e. The van der Waals surface area contributed by atoms with E-state index in [4.69, 9.17) is 0 Å². The second kappa shape index (κ2) is 2.93. The first kappa shape index (κ1) is 8.66. The van der Waals surface area contributed by atoms with Crippen molar-refractivity contribution in [2.45, 2.75) is 20.3 Å². The Morgan fingerprint density at radius 3 is 2.73 bits per heavy atom. The third-order valence-electron chi connectivity index (χ3n) is 3.13. The predicted molar refractivity (Wildman–Crippen MR) is 62.0 cm³/mol. The fourth-order valence-corrected chi connectivity index (χ4v) is 2.45. The zero-order valence-corrected chi connectivity index (χ0v) is 9.04. The van der Waals surface area contributed by atoms with Crippen LogP contribution in [0.15, 0.2) is 30.3 Å². The van der Waals surface area contributed by atoms with E-state index in [1.54, 1.807) is 0 Å². The van der Waals surface area contributed by atoms with Gasteiger partial charge in [0.05, 0.1) is 0 Å². The maximum absolute atomic E-state index is 4.53. The van der Waals surface area contributed by atoms with Crippen molar-refractivity contribution in [2.75, 3.05) is 0 Å². The molecule has 0 saturated carbocycles. The molecule has 1 heteroatoms. The topological polar surface area (TPSA) is 12.9 Å². The summed E-state index contributed by atoms with van der Waals surface area (Å²) in [7, 11) is 0. The van der Waals surface area contributed by atoms with Crippen molar-refractivity contribution in [2.24, 2.45) is 0 Å². The molecule has 0 N–H and O–H groups in total. The SMILES string of the molecule is Cc1cc2c(c(C)n1)Cc1ccccc1-2. The van der Waals surface area contributed by atoms with Gasteiger partial charge in [-0.3, -0.25) is 4.98 Å². The summed E-state index contributed by atoms with van der Waals surface area (Å²) in [6, 6.07) is 10.8. The molecule has 1 aromatic heterocycles. The number of benzene rings is 1. The number of hydrogen-bond acceptors (Lipinski definition) is 1. The average molecular weight is 195 g/mol. The molecule has 15 heavy (non-hydrogen) atoms. The number of pyridine rings is 1. The van der Waals surface area contributed by atoms with Gasteiger partial charge in [-0.25, -0.2) is 0 Å². The fourth-order valence-electron chi connectivity index (χ4n) is 2.45. The molecule has 0 fully saturated rings. The van der Waals surface area contributed by atoms with Crippen molar-refractivity contribution in [1.29, 1.82) is 0 Å². The quantitative estimate of drug-likeness (QED) is 0.536. The second-order valence-electron chi connectivity index (χ2n) is 4.21. The van der Waals surface area contributed by atoms with E-state index in [1.165, 1.54) is 27.9 Å². The molecule has 0 saturated heterocycles. The van der Waals surface area contributed by atoms with Gasteiger partial charge in [0.1, 0.15) is 0 Å². The van der Waals surface area contributed by atoms with Gasteiger partial charge in [-0.2, -0.15) is 0 Å². The number of aromatic nitrogens is 1. The molecule has 0 unspecified atom stereocenters. The average Bonchev–Trinajstić information content (AvgIpc) is 2.57. The first-order chi connectivity index (χ1) is 7.25. The molecule has 0 amide bonds. The fraction of sp³-hybridized carbons (Fsp3) is 0.214. The van der Waals surface area contributed by atoms with Crippen molar-refractivity contribution in [3.63, 3.8) is 0 Å². The lowest BCUT2D eigenvalue weighted by Gasteiger charge is -2.04. The van der Waals surface area contributed by atoms with E-state index in [0.29, 0.717) is 0 Å². The summed E-state index contributed by atoms with van der Waals surface area (Å²) in [6.07, 6.45) is 1.05. The van der Waals surface area contributed by atoms with Crippen LogP contribution in [0.4, 0.5) is 0 Å². The maximum atomic E-state index is 4.53. The summed E-state index contributed by atoms with van der Waals surface area (Å²) in [6.45, 7) is 4.17. The Kier molecular flexibility index (Phi) is 1.69. The first-order valence-electron chi connectivity index (χ1n) is 5.31. The van der Waals surface area contributed by atoms with Crippen LogP contribution in [-0.2, 0) is 6.42 Å². The monoisotopic (exact) mass is 195 g/mol. The molecule has 3 rings (SSSR count). The van der Waals surface area contributed by atoms with Crippen LogP contribution in [0.3, 0.4) is 0 Å². The highest BCUT2D eigenvalue weighted by Crippen LogP contribution is 2.37. The van der Waals surface area contributed by atoms with Crippen molar-refractivity contribution >= 4 is 0 Å². The van der Waals surface area contributed by atoms with E-state index in [2.05, 4.69) is 49.2 Å². The van der Waals surface area contributed by atoms with Gasteiger partial charge < -0.3 is 0 Å². The van der Waals surface area contributed by atoms with Crippen LogP contribution < -0.4 is 0 Å². The van der Waals surface area contributed by atoms with Gasteiger partial charge in [-0.05, 0) is 42.2 Å². The summed E-state index contributed by atoms with van der Waals surface area (Å²) in [5.74, 6) is 0. The molecule has 1 aromatic carbocycles. The molecule has 2 aromatic rings. The van der Waals surface area contributed by atoms with E-state index in [-0.39, 0.29) is 0 Å². The molecule has 74 valence electrons. The summed E-state index contributed by atoms with van der Waals surface area (Å²) in [5.41, 5.74) is 7.91.